The molecule has 2 N–H and O–H groups in total. The number of carbonyl (C=O) groups excluding carboxylic acids is 1. The van der Waals surface area contributed by atoms with Gasteiger partial charge in [-0.25, -0.2) is 4.79 Å². The summed E-state index contributed by atoms with van der Waals surface area (Å²) < 4.78 is 49.3. The number of rotatable bonds is 7. The van der Waals surface area contributed by atoms with Gasteiger partial charge in [0.05, 0.1) is 12.7 Å². The van der Waals surface area contributed by atoms with Crippen LogP contribution < -0.4 is 20.3 Å². The van der Waals surface area contributed by atoms with Gasteiger partial charge in [0.15, 0.2) is 0 Å². The predicted octanol–water partition coefficient (Wildman–Crippen LogP) is 5.51. The van der Waals surface area contributed by atoms with E-state index in [1.165, 1.54) is 0 Å². The number of alkyl carbamates (subject to hydrolysis) is 1. The first-order valence-corrected chi connectivity index (χ1v) is 12.6. The second-order valence-corrected chi connectivity index (χ2v) is 9.56. The molecule has 9 heteroatoms. The number of hydrogen-bond donors (Lipinski definition) is 2. The number of halogens is 3. The van der Waals surface area contributed by atoms with Crippen LogP contribution in [0.3, 0.4) is 0 Å². The smallest absolute Gasteiger partial charge is 0.416 e. The highest BCUT2D eigenvalue weighted by molar-refractivity contribution is 5.67. The molecule has 2 aromatic carbocycles. The molecule has 0 bridgehead atoms. The van der Waals surface area contributed by atoms with E-state index in [-0.39, 0.29) is 24.7 Å². The molecule has 1 amide bonds. The van der Waals surface area contributed by atoms with Crippen LogP contribution in [-0.4, -0.2) is 44.4 Å². The summed E-state index contributed by atoms with van der Waals surface area (Å²) in [5.74, 6) is 0.749. The van der Waals surface area contributed by atoms with Gasteiger partial charge in [0.25, 0.3) is 0 Å². The first kappa shape index (κ1) is 26.1. The van der Waals surface area contributed by atoms with Crippen LogP contribution in [0.2, 0.25) is 0 Å². The van der Waals surface area contributed by atoms with Gasteiger partial charge in [-0.05, 0) is 67.6 Å². The van der Waals surface area contributed by atoms with Gasteiger partial charge < -0.3 is 25.0 Å². The predicted molar refractivity (Wildman–Crippen MR) is 132 cm³/mol. The lowest BCUT2D eigenvalue weighted by atomic mass is 9.89. The molecule has 3 atom stereocenters. The monoisotopic (exact) mass is 505 g/mol. The standard InChI is InChI=1S/C27H34F3N3O3/c1-35-23-14-8-19(9-15-23)18-36-26(34)32-25-7-3-2-6-24(25)31-21-5-4-16-33(17-21)22-12-10-20(11-13-22)27(28,29)30/h8-15,21,24-25,31H,2-7,16-18H2,1H3,(H,32,34)/t21-,24+,25+/m0/s1. The zero-order valence-electron chi connectivity index (χ0n) is 20.5. The van der Waals surface area contributed by atoms with Crippen LogP contribution in [0.5, 0.6) is 5.75 Å². The van der Waals surface area contributed by atoms with Crippen molar-refractivity contribution >= 4 is 11.8 Å². The Bertz CT molecular complexity index is 982. The molecule has 1 saturated carbocycles. The van der Waals surface area contributed by atoms with Crippen LogP contribution in [0.1, 0.15) is 49.7 Å². The van der Waals surface area contributed by atoms with Crippen molar-refractivity contribution in [1.29, 1.82) is 0 Å². The largest absolute Gasteiger partial charge is 0.497 e. The van der Waals surface area contributed by atoms with Crippen molar-refractivity contribution in [2.45, 2.75) is 69.4 Å². The molecule has 36 heavy (non-hydrogen) atoms. The van der Waals surface area contributed by atoms with Gasteiger partial charge in [-0.3, -0.25) is 0 Å². The Morgan fingerprint density at radius 3 is 2.33 bits per heavy atom. The van der Waals surface area contributed by atoms with E-state index in [0.29, 0.717) is 0 Å². The second kappa shape index (κ2) is 11.9. The van der Waals surface area contributed by atoms with E-state index in [2.05, 4.69) is 15.5 Å². The summed E-state index contributed by atoms with van der Waals surface area (Å²) in [6.07, 6.45) is 1.15. The number of piperidine rings is 1. The molecule has 6 nitrogen and oxygen atoms in total. The van der Waals surface area contributed by atoms with Crippen LogP contribution in [0.15, 0.2) is 48.5 Å². The lowest BCUT2D eigenvalue weighted by molar-refractivity contribution is -0.137. The Hall–Kier alpha value is -2.94. The molecule has 196 valence electrons. The molecule has 0 unspecified atom stereocenters. The number of benzene rings is 2. The maximum atomic E-state index is 12.9. The molecule has 1 saturated heterocycles. The summed E-state index contributed by atoms with van der Waals surface area (Å²) in [7, 11) is 1.60. The molecule has 0 radical (unpaired) electrons. The summed E-state index contributed by atoms with van der Waals surface area (Å²) in [5.41, 5.74) is 1.05. The molecule has 2 fully saturated rings. The molecular weight excluding hydrogens is 471 g/mol. The van der Waals surface area contributed by atoms with Crippen LogP contribution >= 0.6 is 0 Å². The number of alkyl halides is 3. The minimum atomic E-state index is -4.33. The fraction of sp³-hybridized carbons (Fsp3) is 0.519. The third kappa shape index (κ3) is 7.06. The van der Waals surface area contributed by atoms with Gasteiger partial charge in [-0.1, -0.05) is 25.0 Å². The van der Waals surface area contributed by atoms with Gasteiger partial charge in [-0.2, -0.15) is 13.2 Å². The minimum absolute atomic E-state index is 0.0245. The normalized spacial score (nSPS) is 22.7. The van der Waals surface area contributed by atoms with E-state index in [1.54, 1.807) is 19.2 Å². The van der Waals surface area contributed by atoms with E-state index in [1.807, 2.05) is 24.3 Å². The van der Waals surface area contributed by atoms with E-state index in [4.69, 9.17) is 9.47 Å². The van der Waals surface area contributed by atoms with Gasteiger partial charge in [0, 0.05) is 36.9 Å². The number of carbonyl (C=O) groups is 1. The average molecular weight is 506 g/mol. The quantitative estimate of drug-likeness (QED) is 0.520. The molecule has 1 aliphatic carbocycles. The van der Waals surface area contributed by atoms with E-state index < -0.39 is 17.8 Å². The number of ether oxygens (including phenoxy) is 2. The van der Waals surface area contributed by atoms with Gasteiger partial charge in [0.1, 0.15) is 12.4 Å². The fourth-order valence-corrected chi connectivity index (χ4v) is 5.08. The van der Waals surface area contributed by atoms with Crippen LogP contribution in [0.25, 0.3) is 0 Å². The van der Waals surface area contributed by atoms with Crippen molar-refractivity contribution in [3.63, 3.8) is 0 Å². The molecular formula is C27H34F3N3O3. The molecule has 2 aliphatic rings. The number of amides is 1. The molecule has 1 aliphatic heterocycles. The lowest BCUT2D eigenvalue weighted by Crippen LogP contribution is -2.57. The molecule has 2 aromatic rings. The fourth-order valence-electron chi connectivity index (χ4n) is 5.08. The summed E-state index contributed by atoms with van der Waals surface area (Å²) in [6.45, 7) is 1.72. The lowest BCUT2D eigenvalue weighted by Gasteiger charge is -2.40. The number of anilines is 1. The van der Waals surface area contributed by atoms with Crippen molar-refractivity contribution in [1.82, 2.24) is 10.6 Å². The van der Waals surface area contributed by atoms with Crippen molar-refractivity contribution in [2.75, 3.05) is 25.1 Å². The van der Waals surface area contributed by atoms with E-state index >= 15 is 0 Å². The topological polar surface area (TPSA) is 62.8 Å². The Balaban J connectivity index is 1.29. The molecule has 4 rings (SSSR count). The number of nitrogens with one attached hydrogen (secondary N) is 2. The van der Waals surface area contributed by atoms with Crippen LogP contribution in [0.4, 0.5) is 23.7 Å². The van der Waals surface area contributed by atoms with Crippen LogP contribution in [0, 0.1) is 0 Å². The first-order chi connectivity index (χ1) is 17.3. The number of nitrogens with zero attached hydrogens (tertiary/aromatic N) is 1. The maximum absolute atomic E-state index is 12.9. The van der Waals surface area contributed by atoms with Crippen molar-refractivity contribution in [2.24, 2.45) is 0 Å². The highest BCUT2D eigenvalue weighted by Crippen LogP contribution is 2.31. The maximum Gasteiger partial charge on any atom is 0.416 e. The highest BCUT2D eigenvalue weighted by atomic mass is 19.4. The molecule has 0 spiro atoms. The third-order valence-corrected chi connectivity index (χ3v) is 7.03. The van der Waals surface area contributed by atoms with Gasteiger partial charge >= 0.3 is 12.3 Å². The summed E-state index contributed by atoms with van der Waals surface area (Å²) >= 11 is 0. The average Bonchev–Trinajstić information content (AvgIpc) is 2.89. The zero-order chi connectivity index (χ0) is 25.5. The SMILES string of the molecule is COc1ccc(COC(=O)N[C@@H]2CCCC[C@H]2N[C@H]2CCCN(c3ccc(C(F)(F)F)cc3)C2)cc1. The highest BCUT2D eigenvalue weighted by Gasteiger charge is 2.32. The molecule has 0 aromatic heterocycles. The Morgan fingerprint density at radius 2 is 1.67 bits per heavy atom. The Labute approximate surface area is 210 Å². The summed E-state index contributed by atoms with van der Waals surface area (Å²) in [5, 5.41) is 6.78. The Kier molecular flexibility index (Phi) is 8.61. The Morgan fingerprint density at radius 1 is 0.972 bits per heavy atom. The van der Waals surface area contributed by atoms with E-state index in [9.17, 15) is 18.0 Å². The van der Waals surface area contributed by atoms with Gasteiger partial charge in [-0.15, -0.1) is 0 Å². The van der Waals surface area contributed by atoms with Crippen molar-refractivity contribution < 1.29 is 27.4 Å². The number of hydrogen-bond acceptors (Lipinski definition) is 5. The molecule has 1 heterocycles. The van der Waals surface area contributed by atoms with Crippen molar-refractivity contribution in [3.05, 3.63) is 59.7 Å². The third-order valence-electron chi connectivity index (χ3n) is 7.03. The van der Waals surface area contributed by atoms with Crippen molar-refractivity contribution in [3.8, 4) is 5.75 Å². The minimum Gasteiger partial charge on any atom is -0.497 e. The van der Waals surface area contributed by atoms with Gasteiger partial charge in [0.2, 0.25) is 0 Å². The number of methoxy groups -OCH3 is 1. The van der Waals surface area contributed by atoms with Crippen LogP contribution in [-0.2, 0) is 17.5 Å². The first-order valence-electron chi connectivity index (χ1n) is 12.6. The summed E-state index contributed by atoms with van der Waals surface area (Å²) in [4.78, 5) is 14.6. The van der Waals surface area contributed by atoms with E-state index in [0.717, 1.165) is 80.7 Å². The zero-order valence-corrected chi connectivity index (χ0v) is 20.5. The second-order valence-electron chi connectivity index (χ2n) is 9.56. The summed E-state index contributed by atoms with van der Waals surface area (Å²) in [6, 6.07) is 13.1.